The molecule has 1 aliphatic heterocycles. The van der Waals surface area contributed by atoms with Crippen LogP contribution in [0.4, 0.5) is 5.82 Å². The average Bonchev–Trinajstić information content (AvgIpc) is 3.49. The molecule has 1 aliphatic rings. The summed E-state index contributed by atoms with van der Waals surface area (Å²) in [6, 6.07) is 14.0. The van der Waals surface area contributed by atoms with Gasteiger partial charge in [-0.05, 0) is 37.3 Å². The monoisotopic (exact) mass is 394 g/mol. The van der Waals surface area contributed by atoms with Crippen LogP contribution in [-0.2, 0) is 6.54 Å². The molecule has 0 atom stereocenters. The second kappa shape index (κ2) is 6.48. The third-order valence-electron chi connectivity index (χ3n) is 5.29. The van der Waals surface area contributed by atoms with Crippen molar-refractivity contribution in [1.82, 2.24) is 34.9 Å². The van der Waals surface area contributed by atoms with Gasteiger partial charge in [-0.15, -0.1) is 0 Å². The Balaban J connectivity index is 1.43. The number of hydrogen-bond acceptors (Lipinski definition) is 6. The number of H-pyrrole nitrogens is 1. The summed E-state index contributed by atoms with van der Waals surface area (Å²) >= 11 is 0. The number of aromatic nitrogens is 7. The molecule has 0 spiro atoms. The number of aromatic amines is 1. The zero-order chi connectivity index (χ0) is 20.1. The van der Waals surface area contributed by atoms with Crippen molar-refractivity contribution in [2.45, 2.75) is 13.5 Å². The van der Waals surface area contributed by atoms with Gasteiger partial charge in [0.2, 0.25) is 0 Å². The van der Waals surface area contributed by atoms with Gasteiger partial charge in [0, 0.05) is 41.8 Å². The topological polar surface area (TPSA) is 97.2 Å². The molecule has 0 aliphatic carbocycles. The van der Waals surface area contributed by atoms with E-state index in [0.29, 0.717) is 0 Å². The summed E-state index contributed by atoms with van der Waals surface area (Å²) in [7, 11) is 0. The first-order valence-electron chi connectivity index (χ1n) is 9.82. The first kappa shape index (κ1) is 16.8. The fourth-order valence-corrected chi connectivity index (χ4v) is 3.81. The molecule has 30 heavy (non-hydrogen) atoms. The maximum atomic E-state index is 4.88. The molecule has 5 aromatic rings. The molecule has 0 aromatic carbocycles. The van der Waals surface area contributed by atoms with Crippen LogP contribution in [0.5, 0.6) is 0 Å². The van der Waals surface area contributed by atoms with Crippen molar-refractivity contribution in [3.8, 4) is 33.9 Å². The van der Waals surface area contributed by atoms with Crippen LogP contribution in [0.25, 0.3) is 44.9 Å². The van der Waals surface area contributed by atoms with Crippen molar-refractivity contribution in [2.24, 2.45) is 0 Å². The Morgan fingerprint density at radius 3 is 2.83 bits per heavy atom. The number of hydrogen-bond donors (Lipinski definition) is 2. The highest BCUT2D eigenvalue weighted by Gasteiger charge is 2.16. The van der Waals surface area contributed by atoms with Crippen LogP contribution in [-0.4, -0.2) is 41.5 Å². The lowest BCUT2D eigenvalue weighted by Crippen LogP contribution is -1.97. The molecule has 8 heteroatoms. The molecule has 0 amide bonds. The van der Waals surface area contributed by atoms with E-state index in [2.05, 4.69) is 36.6 Å². The van der Waals surface area contributed by atoms with E-state index in [4.69, 9.17) is 4.98 Å². The SMILES string of the molecule is Cc1cccc(-c2n[nH]cc2-c2ccc3ncc(-c4cc5n(n4)CCN5)cc3n2)n1. The van der Waals surface area contributed by atoms with E-state index in [0.717, 1.165) is 69.5 Å². The van der Waals surface area contributed by atoms with Gasteiger partial charge in [0.15, 0.2) is 0 Å². The highest BCUT2D eigenvalue weighted by atomic mass is 15.4. The third kappa shape index (κ3) is 2.73. The summed E-state index contributed by atoms with van der Waals surface area (Å²) < 4.78 is 1.98. The third-order valence-corrected chi connectivity index (χ3v) is 5.29. The molecular formula is C22H18N8. The molecule has 8 nitrogen and oxygen atoms in total. The Bertz CT molecular complexity index is 1380. The first-order valence-corrected chi connectivity index (χ1v) is 9.82. The normalized spacial score (nSPS) is 12.8. The van der Waals surface area contributed by atoms with E-state index < -0.39 is 0 Å². The van der Waals surface area contributed by atoms with Gasteiger partial charge >= 0.3 is 0 Å². The quantitative estimate of drug-likeness (QED) is 0.484. The molecule has 6 heterocycles. The second-order valence-corrected chi connectivity index (χ2v) is 7.34. The Labute approximate surface area is 172 Å². The summed E-state index contributed by atoms with van der Waals surface area (Å²) in [6.45, 7) is 3.78. The Hall–Kier alpha value is -4.07. The van der Waals surface area contributed by atoms with Gasteiger partial charge in [-0.3, -0.25) is 15.1 Å². The Morgan fingerprint density at radius 1 is 0.967 bits per heavy atom. The fourth-order valence-electron chi connectivity index (χ4n) is 3.81. The minimum absolute atomic E-state index is 0.784. The number of fused-ring (bicyclic) bond motifs is 2. The van der Waals surface area contributed by atoms with E-state index in [1.54, 1.807) is 0 Å². The fraction of sp³-hybridized carbons (Fsp3) is 0.136. The molecule has 2 N–H and O–H groups in total. The van der Waals surface area contributed by atoms with Crippen molar-refractivity contribution in [1.29, 1.82) is 0 Å². The number of anilines is 1. The summed E-state index contributed by atoms with van der Waals surface area (Å²) in [4.78, 5) is 14.1. The van der Waals surface area contributed by atoms with Crippen molar-refractivity contribution in [3.05, 3.63) is 60.6 Å². The number of aryl methyl sites for hydroxylation is 1. The molecule has 146 valence electrons. The number of nitrogens with zero attached hydrogens (tertiary/aromatic N) is 6. The van der Waals surface area contributed by atoms with E-state index in [-0.39, 0.29) is 0 Å². The van der Waals surface area contributed by atoms with E-state index in [9.17, 15) is 0 Å². The molecular weight excluding hydrogens is 376 g/mol. The Kier molecular flexibility index (Phi) is 3.64. The van der Waals surface area contributed by atoms with Crippen LogP contribution >= 0.6 is 0 Å². The van der Waals surface area contributed by atoms with Crippen LogP contribution in [0.1, 0.15) is 5.69 Å². The molecule has 0 saturated carbocycles. The minimum Gasteiger partial charge on any atom is -0.368 e. The molecule has 5 aromatic heterocycles. The first-order chi connectivity index (χ1) is 14.7. The molecule has 0 radical (unpaired) electrons. The summed E-state index contributed by atoms with van der Waals surface area (Å²) in [5.74, 6) is 1.04. The maximum Gasteiger partial charge on any atom is 0.125 e. The Morgan fingerprint density at radius 2 is 1.93 bits per heavy atom. The van der Waals surface area contributed by atoms with Gasteiger partial charge < -0.3 is 5.32 Å². The molecule has 0 fully saturated rings. The maximum absolute atomic E-state index is 4.88. The average molecular weight is 394 g/mol. The lowest BCUT2D eigenvalue weighted by atomic mass is 10.1. The second-order valence-electron chi connectivity index (χ2n) is 7.34. The zero-order valence-electron chi connectivity index (χ0n) is 16.3. The van der Waals surface area contributed by atoms with Crippen molar-refractivity contribution < 1.29 is 0 Å². The molecule has 6 rings (SSSR count). The molecule has 0 bridgehead atoms. The highest BCUT2D eigenvalue weighted by molar-refractivity contribution is 5.84. The van der Waals surface area contributed by atoms with Gasteiger partial charge in [0.1, 0.15) is 11.5 Å². The summed E-state index contributed by atoms with van der Waals surface area (Å²) in [5.41, 5.74) is 7.78. The number of nitrogens with one attached hydrogen (secondary N) is 2. The van der Waals surface area contributed by atoms with Crippen molar-refractivity contribution >= 4 is 16.9 Å². The van der Waals surface area contributed by atoms with E-state index >= 15 is 0 Å². The van der Waals surface area contributed by atoms with Crippen LogP contribution in [0, 0.1) is 6.92 Å². The minimum atomic E-state index is 0.784. The number of pyridine rings is 3. The smallest absolute Gasteiger partial charge is 0.125 e. The standard InChI is InChI=1S/C22H18N8/c1-13-3-2-4-18(26-13)22-15(12-25-28-22)16-5-6-17-20(27-16)9-14(11-24-17)19-10-21-23-7-8-30(21)29-19/h2-6,9-12,23H,7-8H2,1H3,(H,25,28). The lowest BCUT2D eigenvalue weighted by molar-refractivity contribution is 0.699. The van der Waals surface area contributed by atoms with Gasteiger partial charge in [-0.2, -0.15) is 10.2 Å². The van der Waals surface area contributed by atoms with Gasteiger partial charge in [0.25, 0.3) is 0 Å². The summed E-state index contributed by atoms with van der Waals surface area (Å²) in [6.07, 6.45) is 3.71. The van der Waals surface area contributed by atoms with E-state index in [1.165, 1.54) is 0 Å². The predicted molar refractivity (Wildman–Crippen MR) is 115 cm³/mol. The summed E-state index contributed by atoms with van der Waals surface area (Å²) in [5, 5.41) is 15.4. The van der Waals surface area contributed by atoms with Crippen LogP contribution < -0.4 is 5.32 Å². The molecule has 0 saturated heterocycles. The van der Waals surface area contributed by atoms with Gasteiger partial charge in [0.05, 0.1) is 34.7 Å². The van der Waals surface area contributed by atoms with Crippen LogP contribution in [0.15, 0.2) is 54.9 Å². The highest BCUT2D eigenvalue weighted by Crippen LogP contribution is 2.30. The van der Waals surface area contributed by atoms with E-state index in [1.807, 2.05) is 60.4 Å². The molecule has 0 unspecified atom stereocenters. The lowest BCUT2D eigenvalue weighted by Gasteiger charge is -2.05. The van der Waals surface area contributed by atoms with Gasteiger partial charge in [-0.1, -0.05) is 6.07 Å². The van der Waals surface area contributed by atoms with Crippen molar-refractivity contribution in [3.63, 3.8) is 0 Å². The van der Waals surface area contributed by atoms with Gasteiger partial charge in [-0.25, -0.2) is 9.67 Å². The van der Waals surface area contributed by atoms with Crippen molar-refractivity contribution in [2.75, 3.05) is 11.9 Å². The number of rotatable bonds is 3. The predicted octanol–water partition coefficient (Wildman–Crippen LogP) is 3.68. The van der Waals surface area contributed by atoms with Crippen LogP contribution in [0.3, 0.4) is 0 Å². The zero-order valence-corrected chi connectivity index (χ0v) is 16.3. The van der Waals surface area contributed by atoms with Crippen LogP contribution in [0.2, 0.25) is 0 Å². The largest absolute Gasteiger partial charge is 0.368 e.